The summed E-state index contributed by atoms with van der Waals surface area (Å²) in [5.41, 5.74) is 2.58. The molecule has 0 aliphatic heterocycles. The molecular formula is C20H17N5OS. The lowest BCUT2D eigenvalue weighted by Gasteiger charge is -2.11. The summed E-state index contributed by atoms with van der Waals surface area (Å²) in [6.45, 7) is 0. The van der Waals surface area contributed by atoms with Gasteiger partial charge < -0.3 is 0 Å². The highest BCUT2D eigenvalue weighted by Gasteiger charge is 2.28. The van der Waals surface area contributed by atoms with Gasteiger partial charge in [-0.2, -0.15) is 15.0 Å². The lowest BCUT2D eigenvalue weighted by molar-refractivity contribution is 0.617. The van der Waals surface area contributed by atoms with Crippen molar-refractivity contribution in [2.75, 3.05) is 0 Å². The molecule has 0 atom stereocenters. The van der Waals surface area contributed by atoms with Crippen LogP contribution in [0.5, 0.6) is 0 Å². The maximum Gasteiger partial charge on any atom is 0.262 e. The zero-order valence-electron chi connectivity index (χ0n) is 14.5. The van der Waals surface area contributed by atoms with Crippen LogP contribution in [0.1, 0.15) is 24.6 Å². The number of rotatable bonds is 5. The molecule has 7 heteroatoms. The molecule has 2 heterocycles. The van der Waals surface area contributed by atoms with Crippen LogP contribution >= 0.6 is 11.8 Å². The number of hydrogen-bond acceptors (Lipinski definition) is 5. The predicted molar refractivity (Wildman–Crippen MR) is 105 cm³/mol. The highest BCUT2D eigenvalue weighted by molar-refractivity contribution is 7.98. The molecule has 27 heavy (non-hydrogen) atoms. The summed E-state index contributed by atoms with van der Waals surface area (Å²) in [6, 6.07) is 17.6. The Morgan fingerprint density at radius 3 is 2.63 bits per heavy atom. The van der Waals surface area contributed by atoms with Crippen LogP contribution in [0.4, 0.5) is 0 Å². The first kappa shape index (κ1) is 16.3. The Morgan fingerprint density at radius 2 is 1.81 bits per heavy atom. The zero-order chi connectivity index (χ0) is 18.2. The van der Waals surface area contributed by atoms with Crippen molar-refractivity contribution in [3.8, 4) is 5.69 Å². The van der Waals surface area contributed by atoms with Gasteiger partial charge in [-0.15, -0.1) is 0 Å². The number of aromatic nitrogens is 5. The first-order valence-electron chi connectivity index (χ1n) is 8.90. The van der Waals surface area contributed by atoms with E-state index in [4.69, 9.17) is 4.98 Å². The first-order valence-corrected chi connectivity index (χ1v) is 9.89. The van der Waals surface area contributed by atoms with Gasteiger partial charge in [0.1, 0.15) is 0 Å². The van der Waals surface area contributed by atoms with E-state index < -0.39 is 0 Å². The van der Waals surface area contributed by atoms with Crippen molar-refractivity contribution in [3.63, 3.8) is 0 Å². The second-order valence-electron chi connectivity index (χ2n) is 6.57. The molecule has 2 aromatic carbocycles. The number of hydrogen-bond donors (Lipinski definition) is 0. The van der Waals surface area contributed by atoms with Crippen LogP contribution in [-0.2, 0) is 5.75 Å². The number of nitrogens with zero attached hydrogens (tertiary/aromatic N) is 5. The maximum absolute atomic E-state index is 12.9. The first-order chi connectivity index (χ1) is 13.3. The quantitative estimate of drug-likeness (QED) is 0.394. The van der Waals surface area contributed by atoms with Gasteiger partial charge in [0.25, 0.3) is 5.56 Å². The highest BCUT2D eigenvalue weighted by Crippen LogP contribution is 2.37. The van der Waals surface area contributed by atoms with Gasteiger partial charge in [-0.3, -0.25) is 9.36 Å². The van der Waals surface area contributed by atoms with Crippen LogP contribution in [0.25, 0.3) is 16.6 Å². The second kappa shape index (κ2) is 6.66. The fourth-order valence-corrected chi connectivity index (χ4v) is 4.01. The third-order valence-electron chi connectivity index (χ3n) is 4.56. The smallest absolute Gasteiger partial charge is 0.262 e. The molecule has 0 saturated heterocycles. The molecule has 2 aromatic heterocycles. The topological polar surface area (TPSA) is 65.6 Å². The van der Waals surface area contributed by atoms with Crippen molar-refractivity contribution in [1.82, 2.24) is 24.5 Å². The SMILES string of the molecule is O=c1c2ccccc2nc(SCc2cnn(-c3ccccc3)n2)n1C1CC1. The summed E-state index contributed by atoms with van der Waals surface area (Å²) in [7, 11) is 0. The van der Waals surface area contributed by atoms with Crippen molar-refractivity contribution >= 4 is 22.7 Å². The Labute approximate surface area is 159 Å². The zero-order valence-corrected chi connectivity index (χ0v) is 15.3. The van der Waals surface area contributed by atoms with E-state index in [0.717, 1.165) is 34.9 Å². The van der Waals surface area contributed by atoms with Crippen molar-refractivity contribution in [2.24, 2.45) is 0 Å². The molecule has 4 aromatic rings. The molecule has 134 valence electrons. The summed E-state index contributed by atoms with van der Waals surface area (Å²) in [5.74, 6) is 0.615. The van der Waals surface area contributed by atoms with Crippen molar-refractivity contribution in [2.45, 2.75) is 29.8 Å². The monoisotopic (exact) mass is 375 g/mol. The van der Waals surface area contributed by atoms with Gasteiger partial charge in [0.15, 0.2) is 5.16 Å². The summed E-state index contributed by atoms with van der Waals surface area (Å²) in [6.07, 6.45) is 3.84. The van der Waals surface area contributed by atoms with Gasteiger partial charge in [-0.05, 0) is 37.1 Å². The molecule has 0 N–H and O–H groups in total. The van der Waals surface area contributed by atoms with Crippen LogP contribution in [0.2, 0.25) is 0 Å². The molecule has 0 radical (unpaired) electrons. The van der Waals surface area contributed by atoms with Crippen LogP contribution in [0.15, 0.2) is 70.7 Å². The minimum absolute atomic E-state index is 0.0542. The van der Waals surface area contributed by atoms with Gasteiger partial charge in [0.05, 0.1) is 28.5 Å². The van der Waals surface area contributed by atoms with Crippen LogP contribution < -0.4 is 5.56 Å². The van der Waals surface area contributed by atoms with Gasteiger partial charge in [-0.25, -0.2) is 4.98 Å². The van der Waals surface area contributed by atoms with Crippen molar-refractivity contribution in [1.29, 1.82) is 0 Å². The van der Waals surface area contributed by atoms with Gasteiger partial charge >= 0.3 is 0 Å². The molecule has 6 nitrogen and oxygen atoms in total. The number of fused-ring (bicyclic) bond motifs is 1. The average molecular weight is 375 g/mol. The molecule has 1 saturated carbocycles. The van der Waals surface area contributed by atoms with E-state index in [9.17, 15) is 4.79 Å². The van der Waals surface area contributed by atoms with E-state index in [1.165, 1.54) is 0 Å². The van der Waals surface area contributed by atoms with Gasteiger partial charge in [-0.1, -0.05) is 42.1 Å². The molecule has 0 bridgehead atoms. The third kappa shape index (κ3) is 3.14. The number of benzene rings is 2. The summed E-state index contributed by atoms with van der Waals surface area (Å²) in [5, 5.41) is 10.3. The van der Waals surface area contributed by atoms with E-state index in [1.807, 2.05) is 59.2 Å². The summed E-state index contributed by atoms with van der Waals surface area (Å²) in [4.78, 5) is 19.3. The summed E-state index contributed by atoms with van der Waals surface area (Å²) >= 11 is 1.54. The lowest BCUT2D eigenvalue weighted by atomic mass is 10.2. The molecule has 0 spiro atoms. The van der Waals surface area contributed by atoms with E-state index in [-0.39, 0.29) is 11.6 Å². The second-order valence-corrected chi connectivity index (χ2v) is 7.51. The predicted octanol–water partition coefficient (Wildman–Crippen LogP) is 3.60. The largest absolute Gasteiger partial charge is 0.284 e. The fourth-order valence-electron chi connectivity index (χ4n) is 3.07. The molecule has 0 unspecified atom stereocenters. The molecule has 1 fully saturated rings. The van der Waals surface area contributed by atoms with E-state index in [0.29, 0.717) is 11.1 Å². The minimum Gasteiger partial charge on any atom is -0.284 e. The Balaban J connectivity index is 1.44. The highest BCUT2D eigenvalue weighted by atomic mass is 32.2. The van der Waals surface area contributed by atoms with E-state index in [1.54, 1.807) is 22.8 Å². The average Bonchev–Trinajstić information content (AvgIpc) is 3.43. The fraction of sp³-hybridized carbons (Fsp3) is 0.200. The van der Waals surface area contributed by atoms with Crippen molar-refractivity contribution < 1.29 is 0 Å². The van der Waals surface area contributed by atoms with Gasteiger partial charge in [0.2, 0.25) is 0 Å². The van der Waals surface area contributed by atoms with E-state index >= 15 is 0 Å². The maximum atomic E-state index is 12.9. The lowest BCUT2D eigenvalue weighted by Crippen LogP contribution is -2.22. The van der Waals surface area contributed by atoms with Crippen LogP contribution in [0, 0.1) is 0 Å². The van der Waals surface area contributed by atoms with Gasteiger partial charge in [0, 0.05) is 11.8 Å². The Hall–Kier alpha value is -2.93. The molecule has 1 aliphatic rings. The standard InChI is InChI=1S/C20H17N5OS/c26-19-17-8-4-5-9-18(17)22-20(24(19)15-10-11-15)27-13-14-12-21-25(23-14)16-6-2-1-3-7-16/h1-9,12,15H,10-11,13H2. The molecule has 1 aliphatic carbocycles. The molecule has 0 amide bonds. The Morgan fingerprint density at radius 1 is 1.04 bits per heavy atom. The van der Waals surface area contributed by atoms with Crippen LogP contribution in [-0.4, -0.2) is 24.5 Å². The summed E-state index contributed by atoms with van der Waals surface area (Å²) < 4.78 is 1.86. The Kier molecular flexibility index (Phi) is 4.01. The normalized spacial score (nSPS) is 13.9. The number of thioether (sulfide) groups is 1. The molecule has 5 rings (SSSR count). The third-order valence-corrected chi connectivity index (χ3v) is 5.55. The number of para-hydroxylation sites is 2. The minimum atomic E-state index is 0.0542. The van der Waals surface area contributed by atoms with Crippen molar-refractivity contribution in [3.05, 3.63) is 76.8 Å². The Bertz CT molecular complexity index is 1160. The van der Waals surface area contributed by atoms with Crippen LogP contribution in [0.3, 0.4) is 0 Å². The van der Waals surface area contributed by atoms with E-state index in [2.05, 4.69) is 10.2 Å². The molecular weight excluding hydrogens is 358 g/mol.